The lowest BCUT2D eigenvalue weighted by Crippen LogP contribution is -2.35. The molecule has 0 atom stereocenters. The number of nitrogens with one attached hydrogen (secondary N) is 1. The summed E-state index contributed by atoms with van der Waals surface area (Å²) in [4.78, 5) is 27.5. The fourth-order valence-electron chi connectivity index (χ4n) is 3.19. The van der Waals surface area contributed by atoms with E-state index in [0.717, 1.165) is 32.1 Å². The topological polar surface area (TPSA) is 79.3 Å². The minimum Gasteiger partial charge on any atom is -0.481 e. The number of thiazole rings is 1. The molecule has 1 aliphatic carbocycles. The Bertz CT molecular complexity index is 519. The van der Waals surface area contributed by atoms with Crippen molar-refractivity contribution in [2.24, 2.45) is 11.3 Å². The monoisotopic (exact) mass is 310 g/mol. The molecular formula is C15H22N2O3S. The van der Waals surface area contributed by atoms with Crippen LogP contribution in [0.4, 0.5) is 5.13 Å². The minimum atomic E-state index is -0.912. The molecule has 1 fully saturated rings. The summed E-state index contributed by atoms with van der Waals surface area (Å²) >= 11 is 1.29. The molecule has 2 rings (SSSR count). The minimum absolute atomic E-state index is 0.0462. The first-order valence-electron chi connectivity index (χ1n) is 7.39. The summed E-state index contributed by atoms with van der Waals surface area (Å²) in [7, 11) is 0. The van der Waals surface area contributed by atoms with Crippen LogP contribution in [0.1, 0.15) is 51.6 Å². The third-order valence-corrected chi connectivity index (χ3v) is 4.75. The number of hydrogen-bond acceptors (Lipinski definition) is 4. The normalized spacial score (nSPS) is 17.1. The van der Waals surface area contributed by atoms with E-state index in [9.17, 15) is 9.59 Å². The van der Waals surface area contributed by atoms with Gasteiger partial charge in [-0.25, -0.2) is 4.98 Å². The van der Waals surface area contributed by atoms with E-state index in [1.165, 1.54) is 11.3 Å². The SMILES string of the molecule is CC(C)CC1(C(=O)Nc2nc(CC(=O)O)cs2)CCCC1. The Balaban J connectivity index is 2.05. The van der Waals surface area contributed by atoms with Gasteiger partial charge in [-0.05, 0) is 25.2 Å². The Morgan fingerprint density at radius 3 is 2.67 bits per heavy atom. The average molecular weight is 310 g/mol. The van der Waals surface area contributed by atoms with Gasteiger partial charge in [0.1, 0.15) is 0 Å². The smallest absolute Gasteiger partial charge is 0.309 e. The number of anilines is 1. The number of hydrogen-bond donors (Lipinski definition) is 2. The summed E-state index contributed by atoms with van der Waals surface area (Å²) in [5, 5.41) is 13.8. The molecule has 6 heteroatoms. The summed E-state index contributed by atoms with van der Waals surface area (Å²) in [5.74, 6) is -0.386. The molecule has 2 N–H and O–H groups in total. The van der Waals surface area contributed by atoms with Crippen molar-refractivity contribution in [3.63, 3.8) is 0 Å². The van der Waals surface area contributed by atoms with Gasteiger partial charge in [-0.1, -0.05) is 26.7 Å². The molecule has 21 heavy (non-hydrogen) atoms. The van der Waals surface area contributed by atoms with Crippen molar-refractivity contribution in [2.75, 3.05) is 5.32 Å². The molecule has 0 saturated heterocycles. The summed E-state index contributed by atoms with van der Waals surface area (Å²) in [6, 6.07) is 0. The van der Waals surface area contributed by atoms with Crippen LogP contribution in [0.2, 0.25) is 0 Å². The van der Waals surface area contributed by atoms with Crippen molar-refractivity contribution in [2.45, 2.75) is 52.4 Å². The molecule has 116 valence electrons. The fourth-order valence-corrected chi connectivity index (χ4v) is 3.89. The van der Waals surface area contributed by atoms with Crippen molar-refractivity contribution < 1.29 is 14.7 Å². The van der Waals surface area contributed by atoms with E-state index >= 15 is 0 Å². The van der Waals surface area contributed by atoms with E-state index in [-0.39, 0.29) is 17.7 Å². The highest BCUT2D eigenvalue weighted by molar-refractivity contribution is 7.13. The highest BCUT2D eigenvalue weighted by Gasteiger charge is 2.41. The molecule has 0 aromatic carbocycles. The summed E-state index contributed by atoms with van der Waals surface area (Å²) in [6.45, 7) is 4.28. The summed E-state index contributed by atoms with van der Waals surface area (Å²) < 4.78 is 0. The Labute approximate surface area is 128 Å². The first kappa shape index (κ1) is 15.9. The second kappa shape index (κ2) is 6.56. The van der Waals surface area contributed by atoms with Gasteiger partial charge in [-0.2, -0.15) is 0 Å². The van der Waals surface area contributed by atoms with Gasteiger partial charge in [0.2, 0.25) is 5.91 Å². The molecule has 0 radical (unpaired) electrons. The van der Waals surface area contributed by atoms with Gasteiger partial charge >= 0.3 is 5.97 Å². The van der Waals surface area contributed by atoms with Gasteiger partial charge in [-0.3, -0.25) is 9.59 Å². The molecule has 1 saturated carbocycles. The zero-order valence-corrected chi connectivity index (χ0v) is 13.3. The number of carbonyl (C=O) groups is 2. The van der Waals surface area contributed by atoms with Crippen LogP contribution in [-0.4, -0.2) is 22.0 Å². The van der Waals surface area contributed by atoms with Crippen molar-refractivity contribution in [3.05, 3.63) is 11.1 Å². The quantitative estimate of drug-likeness (QED) is 0.845. The van der Waals surface area contributed by atoms with Crippen LogP contribution >= 0.6 is 11.3 Å². The number of aromatic nitrogens is 1. The van der Waals surface area contributed by atoms with E-state index in [1.54, 1.807) is 5.38 Å². The standard InChI is InChI=1S/C15H22N2O3S/c1-10(2)8-15(5-3-4-6-15)13(20)17-14-16-11(9-21-14)7-12(18)19/h9-10H,3-8H2,1-2H3,(H,18,19)(H,16,17,20). The summed E-state index contributed by atoms with van der Waals surface area (Å²) in [6.07, 6.45) is 4.86. The van der Waals surface area contributed by atoms with Crippen molar-refractivity contribution in [3.8, 4) is 0 Å². The van der Waals surface area contributed by atoms with E-state index in [1.807, 2.05) is 0 Å². The Hall–Kier alpha value is -1.43. The fraction of sp³-hybridized carbons (Fsp3) is 0.667. The lowest BCUT2D eigenvalue weighted by atomic mass is 9.78. The molecule has 5 nitrogen and oxygen atoms in total. The van der Waals surface area contributed by atoms with E-state index in [2.05, 4.69) is 24.1 Å². The number of carboxylic acids is 1. The maximum absolute atomic E-state index is 12.6. The number of rotatable bonds is 6. The third kappa shape index (κ3) is 4.03. The Morgan fingerprint density at radius 1 is 1.43 bits per heavy atom. The molecule has 0 spiro atoms. The van der Waals surface area contributed by atoms with Gasteiger partial charge in [0.05, 0.1) is 12.1 Å². The van der Waals surface area contributed by atoms with Crippen LogP contribution in [0.3, 0.4) is 0 Å². The number of amides is 1. The number of nitrogens with zero attached hydrogens (tertiary/aromatic N) is 1. The molecule has 0 unspecified atom stereocenters. The third-order valence-electron chi connectivity index (χ3n) is 3.95. The number of carbonyl (C=O) groups excluding carboxylic acids is 1. The van der Waals surface area contributed by atoms with Gasteiger partial charge in [-0.15, -0.1) is 11.3 Å². The predicted octanol–water partition coefficient (Wildman–Crippen LogP) is 3.32. The molecule has 1 aromatic rings. The van der Waals surface area contributed by atoms with E-state index in [0.29, 0.717) is 16.7 Å². The molecule has 1 aromatic heterocycles. The van der Waals surface area contributed by atoms with Crippen molar-refractivity contribution >= 4 is 28.3 Å². The lowest BCUT2D eigenvalue weighted by Gasteiger charge is -2.28. The maximum Gasteiger partial charge on any atom is 0.309 e. The summed E-state index contributed by atoms with van der Waals surface area (Å²) in [5.41, 5.74) is 0.222. The molecule has 1 aliphatic rings. The van der Waals surface area contributed by atoms with Gasteiger partial charge in [0, 0.05) is 10.8 Å². The zero-order chi connectivity index (χ0) is 15.5. The highest BCUT2D eigenvalue weighted by Crippen LogP contribution is 2.44. The Morgan fingerprint density at radius 2 is 2.10 bits per heavy atom. The van der Waals surface area contributed by atoms with Crippen LogP contribution in [0.5, 0.6) is 0 Å². The predicted molar refractivity (Wildman–Crippen MR) is 82.4 cm³/mol. The van der Waals surface area contributed by atoms with Crippen LogP contribution in [0.15, 0.2) is 5.38 Å². The molecule has 1 heterocycles. The highest BCUT2D eigenvalue weighted by atomic mass is 32.1. The first-order chi connectivity index (χ1) is 9.91. The first-order valence-corrected chi connectivity index (χ1v) is 8.27. The average Bonchev–Trinajstić information content (AvgIpc) is 2.98. The van der Waals surface area contributed by atoms with Gasteiger partial charge in [0.25, 0.3) is 0 Å². The Kier molecular flexibility index (Phi) is 4.98. The number of aliphatic carboxylic acids is 1. The van der Waals surface area contributed by atoms with Crippen LogP contribution < -0.4 is 5.32 Å². The van der Waals surface area contributed by atoms with Crippen LogP contribution in [0.25, 0.3) is 0 Å². The van der Waals surface area contributed by atoms with Gasteiger partial charge < -0.3 is 10.4 Å². The zero-order valence-electron chi connectivity index (χ0n) is 12.5. The largest absolute Gasteiger partial charge is 0.481 e. The molecule has 1 amide bonds. The maximum atomic E-state index is 12.6. The molecule has 0 bridgehead atoms. The lowest BCUT2D eigenvalue weighted by molar-refractivity contribution is -0.136. The molecular weight excluding hydrogens is 288 g/mol. The van der Waals surface area contributed by atoms with E-state index in [4.69, 9.17) is 5.11 Å². The van der Waals surface area contributed by atoms with Crippen LogP contribution in [0, 0.1) is 11.3 Å². The van der Waals surface area contributed by atoms with Crippen LogP contribution in [-0.2, 0) is 16.0 Å². The van der Waals surface area contributed by atoms with Crippen molar-refractivity contribution in [1.82, 2.24) is 4.98 Å². The molecule has 0 aliphatic heterocycles. The second-order valence-electron chi connectivity index (χ2n) is 6.25. The second-order valence-corrected chi connectivity index (χ2v) is 7.11. The van der Waals surface area contributed by atoms with Crippen molar-refractivity contribution in [1.29, 1.82) is 0 Å². The van der Waals surface area contributed by atoms with Gasteiger partial charge in [0.15, 0.2) is 5.13 Å². The number of carboxylic acid groups (broad SMARTS) is 1. The van der Waals surface area contributed by atoms with E-state index < -0.39 is 5.97 Å².